The van der Waals surface area contributed by atoms with E-state index in [1.54, 1.807) is 33.0 Å². The van der Waals surface area contributed by atoms with Gasteiger partial charge in [-0.1, -0.05) is 6.92 Å². The Hall–Kier alpha value is -3.99. The molecule has 2 N–H and O–H groups in total. The zero-order valence-electron chi connectivity index (χ0n) is 22.6. The minimum Gasteiger partial charge on any atom is -0.442 e. The van der Waals surface area contributed by atoms with Crippen molar-refractivity contribution in [1.82, 2.24) is 30.3 Å². The summed E-state index contributed by atoms with van der Waals surface area (Å²) in [5.41, 5.74) is 6.25. The Balaban J connectivity index is 1.30. The maximum atomic E-state index is 12.5. The highest BCUT2D eigenvalue weighted by atomic mass is 16.6. The number of ether oxygens (including phenoxy) is 1. The lowest BCUT2D eigenvalue weighted by Gasteiger charge is -2.36. The molecule has 11 nitrogen and oxygen atoms in total. The molecule has 3 aromatic rings. The smallest absolute Gasteiger partial charge is 0.428 e. The summed E-state index contributed by atoms with van der Waals surface area (Å²) in [5.74, 6) is -0.494. The van der Waals surface area contributed by atoms with E-state index in [-0.39, 0.29) is 11.3 Å². The van der Waals surface area contributed by atoms with Gasteiger partial charge >= 0.3 is 6.09 Å². The number of hydrazine groups is 1. The number of nitrogens with zero attached hydrogens (tertiary/aromatic N) is 5. The van der Waals surface area contributed by atoms with E-state index in [1.807, 2.05) is 31.3 Å². The molecule has 1 fully saturated rings. The number of aromatic nitrogens is 3. The van der Waals surface area contributed by atoms with Crippen LogP contribution in [0, 0.1) is 0 Å². The molecule has 3 aromatic heterocycles. The van der Waals surface area contributed by atoms with Crippen molar-refractivity contribution in [2.75, 3.05) is 38.1 Å². The highest BCUT2D eigenvalue weighted by Gasteiger charge is 2.22. The summed E-state index contributed by atoms with van der Waals surface area (Å²) in [6, 6.07) is 7.37. The standard InChI is InChI=1S/C27H35N7O4/c1-6-19-14-22-23(30-24(19)35)13-18(15-28-22)17-33-9-11-34(12-10-33)20-7-8-21(29-16-20)25(36)31-32(5)26(37)38-27(2,3)4/h7-8,13-16H,6,9-12,17H2,1-5H3,(H,30,35)(H,31,36). The number of carbonyl (C=O) groups is 2. The second kappa shape index (κ2) is 11.2. The first-order valence-electron chi connectivity index (χ1n) is 12.7. The van der Waals surface area contributed by atoms with Gasteiger partial charge in [-0.2, -0.15) is 0 Å². The number of hydrogen-bond donors (Lipinski definition) is 2. The Morgan fingerprint density at radius 2 is 1.84 bits per heavy atom. The van der Waals surface area contributed by atoms with E-state index in [9.17, 15) is 14.4 Å². The Kier molecular flexibility index (Phi) is 7.96. The SMILES string of the molecule is CCc1cc2ncc(CN3CCN(c4ccc(C(=O)NN(C)C(=O)OC(C)(C)C)nc4)CC3)cc2[nH]c1=O. The zero-order valence-corrected chi connectivity index (χ0v) is 22.6. The van der Waals surface area contributed by atoms with Crippen LogP contribution in [0.1, 0.15) is 49.3 Å². The molecule has 0 bridgehead atoms. The molecule has 4 heterocycles. The van der Waals surface area contributed by atoms with E-state index in [0.29, 0.717) is 6.42 Å². The fourth-order valence-corrected chi connectivity index (χ4v) is 4.23. The van der Waals surface area contributed by atoms with E-state index in [2.05, 4.69) is 30.2 Å². The minimum atomic E-state index is -0.661. The Bertz CT molecular complexity index is 1360. The van der Waals surface area contributed by atoms with Gasteiger partial charge in [-0.3, -0.25) is 24.9 Å². The van der Waals surface area contributed by atoms with Crippen LogP contribution in [0.4, 0.5) is 10.5 Å². The molecule has 0 spiro atoms. The number of hydrogen-bond acceptors (Lipinski definition) is 8. The summed E-state index contributed by atoms with van der Waals surface area (Å²) in [7, 11) is 1.43. The number of amides is 2. The first kappa shape index (κ1) is 27.1. The average molecular weight is 522 g/mol. The van der Waals surface area contributed by atoms with Gasteiger partial charge in [0.15, 0.2) is 0 Å². The third-order valence-electron chi connectivity index (χ3n) is 6.27. The lowest BCUT2D eigenvalue weighted by atomic mass is 10.1. The number of pyridine rings is 3. The fourth-order valence-electron chi connectivity index (χ4n) is 4.23. The van der Waals surface area contributed by atoms with Crippen LogP contribution < -0.4 is 15.9 Å². The topological polar surface area (TPSA) is 124 Å². The minimum absolute atomic E-state index is 0.0558. The zero-order chi connectivity index (χ0) is 27.4. The number of fused-ring (bicyclic) bond motifs is 1. The molecule has 0 aromatic carbocycles. The third kappa shape index (κ3) is 6.65. The van der Waals surface area contributed by atoms with Crippen molar-refractivity contribution in [2.45, 2.75) is 46.3 Å². The third-order valence-corrected chi connectivity index (χ3v) is 6.27. The first-order valence-corrected chi connectivity index (χ1v) is 12.7. The maximum absolute atomic E-state index is 12.5. The molecule has 1 saturated heterocycles. The molecule has 202 valence electrons. The molecule has 0 aliphatic carbocycles. The maximum Gasteiger partial charge on any atom is 0.428 e. The van der Waals surface area contributed by atoms with Gasteiger partial charge < -0.3 is 14.6 Å². The molecule has 0 radical (unpaired) electrons. The van der Waals surface area contributed by atoms with Crippen LogP contribution in [0.5, 0.6) is 0 Å². The summed E-state index contributed by atoms with van der Waals surface area (Å²) in [5, 5.41) is 1.01. The van der Waals surface area contributed by atoms with Gasteiger partial charge in [-0.15, -0.1) is 0 Å². The molecule has 1 aliphatic heterocycles. The molecule has 1 aliphatic rings. The Morgan fingerprint density at radius 1 is 1.11 bits per heavy atom. The number of anilines is 1. The van der Waals surface area contributed by atoms with Crippen LogP contribution in [0.25, 0.3) is 11.0 Å². The lowest BCUT2D eigenvalue weighted by Crippen LogP contribution is -2.46. The molecule has 38 heavy (non-hydrogen) atoms. The van der Waals surface area contributed by atoms with E-state index in [1.165, 1.54) is 7.05 Å². The summed E-state index contributed by atoms with van der Waals surface area (Å²) < 4.78 is 5.24. The van der Waals surface area contributed by atoms with E-state index in [4.69, 9.17) is 4.74 Å². The normalized spacial score (nSPS) is 14.4. The summed E-state index contributed by atoms with van der Waals surface area (Å²) in [6.45, 7) is 11.3. The molecule has 0 atom stereocenters. The summed E-state index contributed by atoms with van der Waals surface area (Å²) in [6.07, 6.45) is 3.57. The van der Waals surface area contributed by atoms with Gasteiger partial charge in [0.25, 0.3) is 11.5 Å². The highest BCUT2D eigenvalue weighted by molar-refractivity contribution is 5.93. The van der Waals surface area contributed by atoms with Crippen molar-refractivity contribution in [3.63, 3.8) is 0 Å². The molecule has 0 saturated carbocycles. The van der Waals surface area contributed by atoms with Gasteiger partial charge in [0.1, 0.15) is 11.3 Å². The van der Waals surface area contributed by atoms with Crippen LogP contribution in [0.3, 0.4) is 0 Å². The van der Waals surface area contributed by atoms with Crippen molar-refractivity contribution in [3.05, 3.63) is 63.8 Å². The number of piperazine rings is 1. The van der Waals surface area contributed by atoms with E-state index in [0.717, 1.165) is 65.6 Å². The largest absolute Gasteiger partial charge is 0.442 e. The Labute approximate surface area is 221 Å². The molecule has 2 amide bonds. The van der Waals surface area contributed by atoms with Crippen LogP contribution in [-0.2, 0) is 17.7 Å². The van der Waals surface area contributed by atoms with E-state index < -0.39 is 17.6 Å². The average Bonchev–Trinajstić information content (AvgIpc) is 2.87. The van der Waals surface area contributed by atoms with Crippen molar-refractivity contribution in [2.24, 2.45) is 0 Å². The number of H-pyrrole nitrogens is 1. The number of carbonyl (C=O) groups excluding carboxylic acids is 2. The second-order valence-corrected chi connectivity index (χ2v) is 10.4. The van der Waals surface area contributed by atoms with Gasteiger partial charge in [-0.25, -0.2) is 14.8 Å². The number of rotatable bonds is 5. The predicted octanol–water partition coefficient (Wildman–Crippen LogP) is 2.71. The number of aryl methyl sites for hydroxylation is 1. The molecule has 4 rings (SSSR count). The van der Waals surface area contributed by atoms with Crippen molar-refractivity contribution in [1.29, 1.82) is 0 Å². The van der Waals surface area contributed by atoms with Crippen LogP contribution in [0.2, 0.25) is 0 Å². The van der Waals surface area contributed by atoms with Crippen LogP contribution in [0.15, 0.2) is 41.5 Å². The van der Waals surface area contributed by atoms with Crippen molar-refractivity contribution < 1.29 is 14.3 Å². The monoisotopic (exact) mass is 521 g/mol. The van der Waals surface area contributed by atoms with Gasteiger partial charge in [0.05, 0.1) is 22.9 Å². The number of nitrogens with one attached hydrogen (secondary N) is 2. The molecule has 0 unspecified atom stereocenters. The fraction of sp³-hybridized carbons (Fsp3) is 0.444. The van der Waals surface area contributed by atoms with Crippen LogP contribution in [-0.4, -0.2) is 75.7 Å². The number of aromatic amines is 1. The summed E-state index contributed by atoms with van der Waals surface area (Å²) >= 11 is 0. The quantitative estimate of drug-likeness (QED) is 0.491. The lowest BCUT2D eigenvalue weighted by molar-refractivity contribution is 0.0194. The molecular weight excluding hydrogens is 486 g/mol. The van der Waals surface area contributed by atoms with Gasteiger partial charge in [0.2, 0.25) is 0 Å². The van der Waals surface area contributed by atoms with Gasteiger partial charge in [-0.05, 0) is 57.0 Å². The summed E-state index contributed by atoms with van der Waals surface area (Å²) in [4.78, 5) is 53.1. The van der Waals surface area contributed by atoms with Crippen molar-refractivity contribution >= 4 is 28.7 Å². The highest BCUT2D eigenvalue weighted by Crippen LogP contribution is 2.18. The second-order valence-electron chi connectivity index (χ2n) is 10.4. The van der Waals surface area contributed by atoms with Crippen LogP contribution >= 0.6 is 0 Å². The first-order chi connectivity index (χ1) is 18.0. The Morgan fingerprint density at radius 3 is 2.47 bits per heavy atom. The predicted molar refractivity (Wildman–Crippen MR) is 145 cm³/mol. The molecule has 11 heteroatoms. The van der Waals surface area contributed by atoms with Crippen molar-refractivity contribution in [3.8, 4) is 0 Å². The van der Waals surface area contributed by atoms with E-state index >= 15 is 0 Å². The van der Waals surface area contributed by atoms with Gasteiger partial charge in [0, 0.05) is 51.5 Å². The molecular formula is C27H35N7O4.